The molecule has 2 nitrogen and oxygen atoms in total. The highest BCUT2D eigenvalue weighted by atomic mass is 19.4. The number of ether oxygens (including phenoxy) is 1. The molecule has 1 aromatic rings. The molecule has 0 saturated carbocycles. The van der Waals surface area contributed by atoms with E-state index in [-0.39, 0.29) is 5.56 Å². The second-order valence-electron chi connectivity index (χ2n) is 4.42. The van der Waals surface area contributed by atoms with Crippen LogP contribution in [0.15, 0.2) is 12.1 Å². The predicted octanol–water partition coefficient (Wildman–Crippen LogP) is 3.72. The van der Waals surface area contributed by atoms with Crippen molar-refractivity contribution in [1.29, 1.82) is 0 Å². The summed E-state index contributed by atoms with van der Waals surface area (Å²) >= 11 is 0. The van der Waals surface area contributed by atoms with Gasteiger partial charge in [0.2, 0.25) is 0 Å². The van der Waals surface area contributed by atoms with E-state index in [9.17, 15) is 26.3 Å². The van der Waals surface area contributed by atoms with Crippen LogP contribution in [0.25, 0.3) is 0 Å². The molecule has 0 spiro atoms. The summed E-state index contributed by atoms with van der Waals surface area (Å²) in [5.41, 5.74) is -0.274. The standard InChI is InChI=1S/C13H15F6NO/c1-2-3-20-12(6-21-7-13(17,18)19)8-4-10(15)11(16)5-9(8)14/h4-5,12,20H,2-3,6-7H2,1H3. The van der Waals surface area contributed by atoms with Gasteiger partial charge in [-0.1, -0.05) is 6.92 Å². The van der Waals surface area contributed by atoms with Gasteiger partial charge in [-0.3, -0.25) is 0 Å². The predicted molar refractivity (Wildman–Crippen MR) is 64.2 cm³/mol. The van der Waals surface area contributed by atoms with Crippen molar-refractivity contribution in [3.8, 4) is 0 Å². The fraction of sp³-hybridized carbons (Fsp3) is 0.538. The van der Waals surface area contributed by atoms with Crippen LogP contribution < -0.4 is 5.32 Å². The Balaban J connectivity index is 2.84. The first-order chi connectivity index (χ1) is 9.74. The maximum atomic E-state index is 13.6. The summed E-state index contributed by atoms with van der Waals surface area (Å²) in [6, 6.07) is -0.0216. The van der Waals surface area contributed by atoms with E-state index in [2.05, 4.69) is 10.1 Å². The van der Waals surface area contributed by atoms with Crippen LogP contribution in [0.4, 0.5) is 26.3 Å². The second-order valence-corrected chi connectivity index (χ2v) is 4.42. The van der Waals surface area contributed by atoms with E-state index in [0.29, 0.717) is 25.1 Å². The van der Waals surface area contributed by atoms with E-state index in [1.807, 2.05) is 0 Å². The normalized spacial score (nSPS) is 13.5. The average Bonchev–Trinajstić information content (AvgIpc) is 2.37. The van der Waals surface area contributed by atoms with Crippen molar-refractivity contribution < 1.29 is 31.1 Å². The highest BCUT2D eigenvalue weighted by Crippen LogP contribution is 2.22. The maximum Gasteiger partial charge on any atom is 0.411 e. The molecule has 1 unspecified atom stereocenters. The first kappa shape index (κ1) is 17.8. The minimum atomic E-state index is -4.51. The fourth-order valence-electron chi connectivity index (χ4n) is 1.67. The summed E-state index contributed by atoms with van der Waals surface area (Å²) in [6.45, 7) is 0.144. The zero-order chi connectivity index (χ0) is 16.0. The highest BCUT2D eigenvalue weighted by Gasteiger charge is 2.28. The Labute approximate surface area is 118 Å². The molecule has 1 aromatic carbocycles. The monoisotopic (exact) mass is 315 g/mol. The third-order valence-corrected chi connectivity index (χ3v) is 2.61. The maximum absolute atomic E-state index is 13.6. The lowest BCUT2D eigenvalue weighted by Crippen LogP contribution is -2.29. The zero-order valence-corrected chi connectivity index (χ0v) is 11.2. The molecule has 0 aliphatic carbocycles. The lowest BCUT2D eigenvalue weighted by atomic mass is 10.1. The van der Waals surface area contributed by atoms with Gasteiger partial charge in [-0.05, 0) is 19.0 Å². The number of benzene rings is 1. The molecule has 0 saturated heterocycles. The molecule has 8 heteroatoms. The number of alkyl halides is 3. The van der Waals surface area contributed by atoms with Crippen molar-refractivity contribution in [2.24, 2.45) is 0 Å². The fourth-order valence-corrected chi connectivity index (χ4v) is 1.67. The molecule has 1 atom stereocenters. The van der Waals surface area contributed by atoms with Crippen molar-refractivity contribution in [3.05, 3.63) is 35.1 Å². The van der Waals surface area contributed by atoms with Crippen molar-refractivity contribution in [2.75, 3.05) is 19.8 Å². The van der Waals surface area contributed by atoms with Crippen LogP contribution in [-0.2, 0) is 4.74 Å². The van der Waals surface area contributed by atoms with E-state index < -0.39 is 42.9 Å². The quantitative estimate of drug-likeness (QED) is 0.611. The van der Waals surface area contributed by atoms with Crippen LogP contribution in [0, 0.1) is 17.5 Å². The van der Waals surface area contributed by atoms with E-state index in [4.69, 9.17) is 0 Å². The van der Waals surface area contributed by atoms with Crippen molar-refractivity contribution in [1.82, 2.24) is 5.32 Å². The summed E-state index contributed by atoms with van der Waals surface area (Å²) in [5.74, 6) is -3.68. The Morgan fingerprint density at radius 3 is 2.29 bits per heavy atom. The van der Waals surface area contributed by atoms with Gasteiger partial charge in [-0.15, -0.1) is 0 Å². The molecule has 1 N–H and O–H groups in total. The van der Waals surface area contributed by atoms with Gasteiger partial charge in [-0.2, -0.15) is 13.2 Å². The Kier molecular flexibility index (Phi) is 6.47. The Bertz CT molecular complexity index is 463. The van der Waals surface area contributed by atoms with Crippen LogP contribution in [-0.4, -0.2) is 25.9 Å². The summed E-state index contributed by atoms with van der Waals surface area (Å²) in [6.07, 6.45) is -3.89. The van der Waals surface area contributed by atoms with Crippen LogP contribution in [0.3, 0.4) is 0 Å². The van der Waals surface area contributed by atoms with Crippen molar-refractivity contribution >= 4 is 0 Å². The largest absolute Gasteiger partial charge is 0.411 e. The van der Waals surface area contributed by atoms with Gasteiger partial charge in [0.15, 0.2) is 11.6 Å². The molecule has 120 valence electrons. The highest BCUT2D eigenvalue weighted by molar-refractivity contribution is 5.23. The minimum Gasteiger partial charge on any atom is -0.370 e. The van der Waals surface area contributed by atoms with Gasteiger partial charge in [0, 0.05) is 11.6 Å². The lowest BCUT2D eigenvalue weighted by Gasteiger charge is -2.20. The number of halogens is 6. The topological polar surface area (TPSA) is 21.3 Å². The number of hydrogen-bond donors (Lipinski definition) is 1. The van der Waals surface area contributed by atoms with Gasteiger partial charge in [0.25, 0.3) is 0 Å². The molecule has 0 amide bonds. The van der Waals surface area contributed by atoms with Crippen LogP contribution in [0.1, 0.15) is 24.9 Å². The summed E-state index contributed by atoms with van der Waals surface area (Å²) in [7, 11) is 0. The smallest absolute Gasteiger partial charge is 0.370 e. The molecule has 1 rings (SSSR count). The summed E-state index contributed by atoms with van der Waals surface area (Å²) in [5, 5.41) is 2.74. The molecule has 0 radical (unpaired) electrons. The molecular weight excluding hydrogens is 300 g/mol. The van der Waals surface area contributed by atoms with E-state index >= 15 is 0 Å². The van der Waals surface area contributed by atoms with E-state index in [1.54, 1.807) is 6.92 Å². The van der Waals surface area contributed by atoms with Gasteiger partial charge >= 0.3 is 6.18 Å². The van der Waals surface area contributed by atoms with Crippen LogP contribution in [0.2, 0.25) is 0 Å². The Hall–Kier alpha value is -1.28. The van der Waals surface area contributed by atoms with Crippen molar-refractivity contribution in [2.45, 2.75) is 25.6 Å². The Morgan fingerprint density at radius 2 is 1.71 bits per heavy atom. The third kappa shape index (κ3) is 5.92. The first-order valence-electron chi connectivity index (χ1n) is 6.27. The average molecular weight is 315 g/mol. The van der Waals surface area contributed by atoms with Gasteiger partial charge < -0.3 is 10.1 Å². The van der Waals surface area contributed by atoms with E-state index in [0.717, 1.165) is 0 Å². The van der Waals surface area contributed by atoms with Gasteiger partial charge in [0.1, 0.15) is 12.4 Å². The first-order valence-corrected chi connectivity index (χ1v) is 6.27. The molecule has 0 heterocycles. The molecule has 0 aliphatic rings. The summed E-state index contributed by atoms with van der Waals surface area (Å²) in [4.78, 5) is 0. The van der Waals surface area contributed by atoms with Crippen molar-refractivity contribution in [3.63, 3.8) is 0 Å². The SMILES string of the molecule is CCCNC(COCC(F)(F)F)c1cc(F)c(F)cc1F. The molecule has 21 heavy (non-hydrogen) atoms. The molecule has 0 aliphatic heterocycles. The number of nitrogens with one attached hydrogen (secondary N) is 1. The number of rotatable bonds is 7. The molecule has 0 bridgehead atoms. The minimum absolute atomic E-state index is 0.274. The molecular formula is C13H15F6NO. The molecule has 0 aromatic heterocycles. The van der Waals surface area contributed by atoms with Crippen LogP contribution >= 0.6 is 0 Å². The van der Waals surface area contributed by atoms with E-state index in [1.165, 1.54) is 0 Å². The number of hydrogen-bond acceptors (Lipinski definition) is 2. The van der Waals surface area contributed by atoms with Crippen LogP contribution in [0.5, 0.6) is 0 Å². The van der Waals surface area contributed by atoms with Gasteiger partial charge in [-0.25, -0.2) is 13.2 Å². The zero-order valence-electron chi connectivity index (χ0n) is 11.2. The van der Waals surface area contributed by atoms with Gasteiger partial charge in [0.05, 0.1) is 12.6 Å². The third-order valence-electron chi connectivity index (χ3n) is 2.61. The Morgan fingerprint density at radius 1 is 1.10 bits per heavy atom. The molecule has 0 fully saturated rings. The summed E-state index contributed by atoms with van der Waals surface area (Å²) < 4.78 is 80.2. The second kappa shape index (κ2) is 7.65. The lowest BCUT2D eigenvalue weighted by molar-refractivity contribution is -0.175.